The maximum Gasteiger partial charge on any atom is 0.177 e. The Morgan fingerprint density at radius 1 is 1.00 bits per heavy atom. The van der Waals surface area contributed by atoms with Crippen LogP contribution in [0.3, 0.4) is 0 Å². The molecule has 0 heterocycles. The Hall–Kier alpha value is -2.70. The number of ketones is 1. The maximum absolute atomic E-state index is 10.9. The molecule has 0 unspecified atom stereocenters. The van der Waals surface area contributed by atoms with E-state index in [1.165, 1.54) is 6.92 Å². The molecule has 7 nitrogen and oxygen atoms in total. The van der Waals surface area contributed by atoms with Gasteiger partial charge in [0.25, 0.3) is 0 Å². The van der Waals surface area contributed by atoms with Crippen LogP contribution in [0.15, 0.2) is 28.5 Å². The first-order chi connectivity index (χ1) is 12.6. The summed E-state index contributed by atoms with van der Waals surface area (Å²) >= 11 is 0. The second-order valence-corrected chi connectivity index (χ2v) is 5.71. The zero-order chi connectivity index (χ0) is 19.2. The lowest BCUT2D eigenvalue weighted by atomic mass is 10.1. The van der Waals surface area contributed by atoms with Gasteiger partial charge in [-0.05, 0) is 50.8 Å². The van der Waals surface area contributed by atoms with Gasteiger partial charge < -0.3 is 14.4 Å². The van der Waals surface area contributed by atoms with Crippen LogP contribution in [0, 0.1) is 0 Å². The number of rotatable bonds is 13. The van der Waals surface area contributed by atoms with Gasteiger partial charge in [0.15, 0.2) is 5.78 Å². The number of nitrogens with zero attached hydrogens (tertiary/aromatic N) is 2. The fourth-order valence-corrected chi connectivity index (χ4v) is 1.95. The van der Waals surface area contributed by atoms with Crippen LogP contribution in [0.5, 0.6) is 5.75 Å². The topological polar surface area (TPSA) is 86.6 Å². The molecule has 0 fully saturated rings. The third-order valence-corrected chi connectivity index (χ3v) is 3.53. The third-order valence-electron chi connectivity index (χ3n) is 3.53. The molecule has 1 aromatic carbocycles. The molecule has 0 N–H and O–H groups in total. The Morgan fingerprint density at radius 2 is 1.65 bits per heavy atom. The standard InChI is InChI=1S/C19H26N2O5/c1-15(16(2)23)21-26-9-7-5-4-6-8-25-20-13-17-10-18(14-22)12-19(11-17)24-3/h10-14H,4-9H2,1-3H3/b20-13-,21-15-. The molecule has 0 atom stereocenters. The second-order valence-electron chi connectivity index (χ2n) is 5.71. The number of oxime groups is 2. The van der Waals surface area contributed by atoms with Gasteiger partial charge >= 0.3 is 0 Å². The van der Waals surface area contributed by atoms with Crippen molar-refractivity contribution in [1.82, 2.24) is 0 Å². The van der Waals surface area contributed by atoms with E-state index in [0.29, 0.717) is 30.2 Å². The normalized spacial score (nSPS) is 11.4. The Morgan fingerprint density at radius 3 is 2.27 bits per heavy atom. The summed E-state index contributed by atoms with van der Waals surface area (Å²) in [5.41, 5.74) is 1.65. The number of carbonyl (C=O) groups excluding carboxylic acids is 2. The van der Waals surface area contributed by atoms with E-state index in [-0.39, 0.29) is 5.78 Å². The highest BCUT2D eigenvalue weighted by atomic mass is 16.6. The van der Waals surface area contributed by atoms with E-state index in [9.17, 15) is 9.59 Å². The van der Waals surface area contributed by atoms with Crippen molar-refractivity contribution in [3.05, 3.63) is 29.3 Å². The monoisotopic (exact) mass is 362 g/mol. The predicted octanol–water partition coefficient (Wildman–Crippen LogP) is 3.40. The van der Waals surface area contributed by atoms with Gasteiger partial charge in [0, 0.05) is 18.1 Å². The minimum atomic E-state index is -0.0842. The first kappa shape index (κ1) is 21.3. The fourth-order valence-electron chi connectivity index (χ4n) is 1.95. The van der Waals surface area contributed by atoms with Crippen LogP contribution in [0.25, 0.3) is 0 Å². The molecule has 0 saturated heterocycles. The lowest BCUT2D eigenvalue weighted by molar-refractivity contribution is -0.111. The van der Waals surface area contributed by atoms with Crippen molar-refractivity contribution in [2.75, 3.05) is 20.3 Å². The number of methoxy groups -OCH3 is 1. The average Bonchev–Trinajstić information content (AvgIpc) is 2.65. The molecule has 0 amide bonds. The van der Waals surface area contributed by atoms with Crippen molar-refractivity contribution in [2.45, 2.75) is 39.5 Å². The highest BCUT2D eigenvalue weighted by Gasteiger charge is 1.99. The van der Waals surface area contributed by atoms with Crippen LogP contribution in [-0.2, 0) is 14.5 Å². The van der Waals surface area contributed by atoms with Crippen molar-refractivity contribution in [2.24, 2.45) is 10.3 Å². The van der Waals surface area contributed by atoms with E-state index in [4.69, 9.17) is 14.4 Å². The Balaban J connectivity index is 2.14. The average molecular weight is 362 g/mol. The van der Waals surface area contributed by atoms with Gasteiger partial charge in [0.1, 0.15) is 31.0 Å². The minimum Gasteiger partial charge on any atom is -0.497 e. The van der Waals surface area contributed by atoms with Crippen LogP contribution in [0.4, 0.5) is 0 Å². The van der Waals surface area contributed by atoms with Gasteiger partial charge in [-0.1, -0.05) is 10.3 Å². The molecule has 0 aliphatic rings. The highest BCUT2D eigenvalue weighted by molar-refractivity contribution is 6.37. The summed E-state index contributed by atoms with van der Waals surface area (Å²) < 4.78 is 5.13. The Kier molecular flexibility index (Phi) is 10.4. The zero-order valence-corrected chi connectivity index (χ0v) is 15.6. The molecule has 142 valence electrons. The molecular formula is C19H26N2O5. The van der Waals surface area contributed by atoms with Gasteiger partial charge in [-0.3, -0.25) is 9.59 Å². The smallest absolute Gasteiger partial charge is 0.177 e. The minimum absolute atomic E-state index is 0.0842. The lowest BCUT2D eigenvalue weighted by Crippen LogP contribution is -2.05. The second kappa shape index (κ2) is 12.6. The first-order valence-electron chi connectivity index (χ1n) is 8.54. The quantitative estimate of drug-likeness (QED) is 0.232. The number of Topliss-reactive ketones (excluding diaryl/α,β-unsaturated/α-hetero) is 1. The number of carbonyl (C=O) groups is 2. The highest BCUT2D eigenvalue weighted by Crippen LogP contribution is 2.14. The van der Waals surface area contributed by atoms with Crippen molar-refractivity contribution in [1.29, 1.82) is 0 Å². The van der Waals surface area contributed by atoms with Gasteiger partial charge in [-0.2, -0.15) is 0 Å². The molecular weight excluding hydrogens is 336 g/mol. The molecule has 0 aliphatic heterocycles. The maximum atomic E-state index is 10.9. The van der Waals surface area contributed by atoms with Crippen LogP contribution in [0.1, 0.15) is 55.5 Å². The summed E-state index contributed by atoms with van der Waals surface area (Å²) in [7, 11) is 1.54. The summed E-state index contributed by atoms with van der Waals surface area (Å²) in [6, 6.07) is 5.14. The molecule has 0 bridgehead atoms. The Bertz CT molecular complexity index is 641. The van der Waals surface area contributed by atoms with Gasteiger partial charge in [0.2, 0.25) is 0 Å². The van der Waals surface area contributed by atoms with E-state index in [0.717, 1.165) is 37.5 Å². The largest absolute Gasteiger partial charge is 0.497 e. The number of ether oxygens (including phenoxy) is 1. The molecule has 1 rings (SSSR count). The van der Waals surface area contributed by atoms with Crippen LogP contribution in [0.2, 0.25) is 0 Å². The number of benzene rings is 1. The molecule has 7 heteroatoms. The number of hydrogen-bond donors (Lipinski definition) is 0. The summed E-state index contributed by atoms with van der Waals surface area (Å²) in [5.74, 6) is 0.514. The van der Waals surface area contributed by atoms with Gasteiger partial charge in [0.05, 0.1) is 13.3 Å². The molecule has 0 aromatic heterocycles. The Labute approximate surface area is 154 Å². The zero-order valence-electron chi connectivity index (χ0n) is 15.6. The summed E-state index contributed by atoms with van der Waals surface area (Å²) in [5, 5.41) is 7.63. The van der Waals surface area contributed by atoms with Gasteiger partial charge in [-0.25, -0.2) is 0 Å². The van der Waals surface area contributed by atoms with E-state index < -0.39 is 0 Å². The van der Waals surface area contributed by atoms with Crippen LogP contribution in [-0.4, -0.2) is 44.3 Å². The lowest BCUT2D eigenvalue weighted by Gasteiger charge is -2.03. The first-order valence-corrected chi connectivity index (χ1v) is 8.54. The number of aldehydes is 1. The van der Waals surface area contributed by atoms with Crippen molar-refractivity contribution < 1.29 is 24.0 Å². The van der Waals surface area contributed by atoms with E-state index in [2.05, 4.69) is 10.3 Å². The molecule has 0 spiro atoms. The van der Waals surface area contributed by atoms with Crippen molar-refractivity contribution in [3.63, 3.8) is 0 Å². The van der Waals surface area contributed by atoms with Crippen LogP contribution >= 0.6 is 0 Å². The molecule has 1 aromatic rings. The van der Waals surface area contributed by atoms with E-state index in [1.54, 1.807) is 38.4 Å². The molecule has 0 radical (unpaired) electrons. The summed E-state index contributed by atoms with van der Waals surface area (Å²) in [6.07, 6.45) is 6.04. The molecule has 0 saturated carbocycles. The predicted molar refractivity (Wildman–Crippen MR) is 100 cm³/mol. The summed E-state index contributed by atoms with van der Waals surface area (Å²) in [6.45, 7) is 4.10. The SMILES string of the molecule is COc1cc(C=O)cc(/C=N\OCCCCCCO/N=C(/C)C(C)=O)c1. The van der Waals surface area contributed by atoms with Crippen molar-refractivity contribution >= 4 is 24.0 Å². The van der Waals surface area contributed by atoms with Crippen LogP contribution < -0.4 is 4.74 Å². The third kappa shape index (κ3) is 8.96. The summed E-state index contributed by atoms with van der Waals surface area (Å²) in [4.78, 5) is 32.1. The van der Waals surface area contributed by atoms with E-state index in [1.807, 2.05) is 0 Å². The number of hydrogen-bond acceptors (Lipinski definition) is 7. The number of unbranched alkanes of at least 4 members (excludes halogenated alkanes) is 3. The van der Waals surface area contributed by atoms with Gasteiger partial charge in [-0.15, -0.1) is 0 Å². The van der Waals surface area contributed by atoms with E-state index >= 15 is 0 Å². The van der Waals surface area contributed by atoms with Crippen molar-refractivity contribution in [3.8, 4) is 5.75 Å². The molecule has 26 heavy (non-hydrogen) atoms. The fraction of sp³-hybridized carbons (Fsp3) is 0.474. The molecule has 0 aliphatic carbocycles.